The molecule has 1 heterocycles. The van der Waals surface area contributed by atoms with Crippen LogP contribution in [0.3, 0.4) is 0 Å². The predicted molar refractivity (Wildman–Crippen MR) is 76.4 cm³/mol. The van der Waals surface area contributed by atoms with Crippen LogP contribution in [0.4, 0.5) is 0 Å². The smallest absolute Gasteiger partial charge is 0.134 e. The Labute approximate surface area is 118 Å². The van der Waals surface area contributed by atoms with Crippen LogP contribution in [-0.2, 0) is 0 Å². The SMILES string of the molecule is CCNC(CC1CC2CCC1C2)c1occc1Br. The molecule has 2 nitrogen and oxygen atoms in total. The molecule has 0 aromatic carbocycles. The van der Waals surface area contributed by atoms with Gasteiger partial charge in [-0.15, -0.1) is 0 Å². The number of fused-ring (bicyclic) bond motifs is 2. The molecule has 3 rings (SSSR count). The van der Waals surface area contributed by atoms with Gasteiger partial charge in [0.25, 0.3) is 0 Å². The zero-order valence-electron chi connectivity index (χ0n) is 11.0. The molecule has 2 aliphatic rings. The summed E-state index contributed by atoms with van der Waals surface area (Å²) >= 11 is 3.59. The maximum absolute atomic E-state index is 5.66. The van der Waals surface area contributed by atoms with Crippen LogP contribution in [0.2, 0.25) is 0 Å². The van der Waals surface area contributed by atoms with E-state index in [0.29, 0.717) is 6.04 Å². The average molecular weight is 312 g/mol. The number of nitrogens with one attached hydrogen (secondary N) is 1. The third-order valence-corrected chi connectivity index (χ3v) is 5.49. The van der Waals surface area contributed by atoms with E-state index >= 15 is 0 Å². The Morgan fingerprint density at radius 1 is 1.44 bits per heavy atom. The Hall–Kier alpha value is -0.280. The maximum atomic E-state index is 5.66. The van der Waals surface area contributed by atoms with Crippen molar-refractivity contribution >= 4 is 15.9 Å². The number of hydrogen-bond acceptors (Lipinski definition) is 2. The van der Waals surface area contributed by atoms with Crippen molar-refractivity contribution in [1.82, 2.24) is 5.32 Å². The Morgan fingerprint density at radius 3 is 2.89 bits per heavy atom. The van der Waals surface area contributed by atoms with Gasteiger partial charge in [0, 0.05) is 0 Å². The fourth-order valence-corrected chi connectivity index (χ4v) is 4.53. The van der Waals surface area contributed by atoms with Crippen molar-refractivity contribution in [3.8, 4) is 0 Å². The van der Waals surface area contributed by atoms with Crippen LogP contribution in [0.15, 0.2) is 21.2 Å². The molecule has 1 aromatic rings. The van der Waals surface area contributed by atoms with E-state index in [2.05, 4.69) is 28.2 Å². The molecule has 2 fully saturated rings. The summed E-state index contributed by atoms with van der Waals surface area (Å²) in [4.78, 5) is 0. The molecule has 100 valence electrons. The monoisotopic (exact) mass is 311 g/mol. The van der Waals surface area contributed by atoms with Crippen molar-refractivity contribution in [3.05, 3.63) is 22.6 Å². The number of hydrogen-bond donors (Lipinski definition) is 1. The van der Waals surface area contributed by atoms with Gasteiger partial charge in [-0.05, 0) is 72.0 Å². The minimum Gasteiger partial charge on any atom is -0.466 e. The molecule has 1 aromatic heterocycles. The first-order chi connectivity index (χ1) is 8.78. The second-order valence-electron chi connectivity index (χ2n) is 5.91. The Kier molecular flexibility index (Phi) is 3.81. The quantitative estimate of drug-likeness (QED) is 0.865. The van der Waals surface area contributed by atoms with Crippen LogP contribution < -0.4 is 5.32 Å². The normalized spacial score (nSPS) is 32.0. The lowest BCUT2D eigenvalue weighted by molar-refractivity contribution is 0.264. The lowest BCUT2D eigenvalue weighted by atomic mass is 9.84. The second-order valence-corrected chi connectivity index (χ2v) is 6.77. The number of furan rings is 1. The summed E-state index contributed by atoms with van der Waals surface area (Å²) in [5.41, 5.74) is 0. The van der Waals surface area contributed by atoms with Gasteiger partial charge < -0.3 is 9.73 Å². The standard InChI is InChI=1S/C15H22BrNO/c1-2-17-14(15-13(16)5-6-18-15)9-12-8-10-3-4-11(12)7-10/h5-6,10-12,14,17H,2-4,7-9H2,1H3. The third kappa shape index (κ3) is 2.39. The molecule has 2 saturated carbocycles. The van der Waals surface area contributed by atoms with Crippen molar-refractivity contribution < 1.29 is 4.42 Å². The molecule has 4 atom stereocenters. The minimum atomic E-state index is 0.378. The van der Waals surface area contributed by atoms with E-state index in [1.165, 1.54) is 32.1 Å². The molecule has 0 saturated heterocycles. The molecule has 18 heavy (non-hydrogen) atoms. The molecule has 4 unspecified atom stereocenters. The van der Waals surface area contributed by atoms with Gasteiger partial charge in [-0.3, -0.25) is 0 Å². The lowest BCUT2D eigenvalue weighted by Crippen LogP contribution is -2.25. The maximum Gasteiger partial charge on any atom is 0.134 e. The van der Waals surface area contributed by atoms with Gasteiger partial charge in [0.15, 0.2) is 0 Å². The molecule has 0 spiro atoms. The van der Waals surface area contributed by atoms with E-state index in [9.17, 15) is 0 Å². The summed E-state index contributed by atoms with van der Waals surface area (Å²) in [7, 11) is 0. The van der Waals surface area contributed by atoms with Crippen molar-refractivity contribution in [2.45, 2.75) is 45.1 Å². The van der Waals surface area contributed by atoms with E-state index in [4.69, 9.17) is 4.42 Å². The predicted octanol–water partition coefficient (Wildman–Crippen LogP) is 4.52. The molecule has 2 aliphatic carbocycles. The van der Waals surface area contributed by atoms with Crippen LogP contribution in [0.5, 0.6) is 0 Å². The second kappa shape index (κ2) is 5.38. The largest absolute Gasteiger partial charge is 0.466 e. The van der Waals surface area contributed by atoms with Crippen LogP contribution in [0, 0.1) is 17.8 Å². The van der Waals surface area contributed by atoms with Crippen molar-refractivity contribution in [2.75, 3.05) is 6.54 Å². The topological polar surface area (TPSA) is 25.2 Å². The van der Waals surface area contributed by atoms with Crippen LogP contribution in [0.25, 0.3) is 0 Å². The highest BCUT2D eigenvalue weighted by atomic mass is 79.9. The molecule has 0 aliphatic heterocycles. The van der Waals surface area contributed by atoms with Crippen molar-refractivity contribution in [2.24, 2.45) is 17.8 Å². The lowest BCUT2D eigenvalue weighted by Gasteiger charge is -2.26. The van der Waals surface area contributed by atoms with Crippen molar-refractivity contribution in [1.29, 1.82) is 0 Å². The average Bonchev–Trinajstić information content (AvgIpc) is 3.04. The van der Waals surface area contributed by atoms with Gasteiger partial charge >= 0.3 is 0 Å². The zero-order chi connectivity index (χ0) is 12.5. The molecule has 0 radical (unpaired) electrons. The Morgan fingerprint density at radius 2 is 2.33 bits per heavy atom. The first-order valence-electron chi connectivity index (χ1n) is 7.24. The molecule has 0 amide bonds. The highest BCUT2D eigenvalue weighted by Gasteiger charge is 2.40. The van der Waals surface area contributed by atoms with Gasteiger partial charge in [-0.2, -0.15) is 0 Å². The molecule has 1 N–H and O–H groups in total. The van der Waals surface area contributed by atoms with Gasteiger partial charge in [-0.25, -0.2) is 0 Å². The van der Waals surface area contributed by atoms with E-state index in [-0.39, 0.29) is 0 Å². The van der Waals surface area contributed by atoms with E-state index in [1.807, 2.05) is 6.07 Å². The molecular weight excluding hydrogens is 290 g/mol. The van der Waals surface area contributed by atoms with E-state index in [1.54, 1.807) is 6.26 Å². The fraction of sp³-hybridized carbons (Fsp3) is 0.733. The van der Waals surface area contributed by atoms with Crippen LogP contribution in [-0.4, -0.2) is 6.54 Å². The first kappa shape index (κ1) is 12.7. The summed E-state index contributed by atoms with van der Waals surface area (Å²) in [6, 6.07) is 2.38. The number of rotatable bonds is 5. The highest BCUT2D eigenvalue weighted by molar-refractivity contribution is 9.10. The highest BCUT2D eigenvalue weighted by Crippen LogP contribution is 2.51. The molecular formula is C15H22BrNO. The molecule has 2 bridgehead atoms. The summed E-state index contributed by atoms with van der Waals surface area (Å²) in [5.74, 6) is 4.01. The zero-order valence-corrected chi connectivity index (χ0v) is 12.6. The Bertz CT molecular complexity index is 403. The van der Waals surface area contributed by atoms with Gasteiger partial charge in [0.05, 0.1) is 16.8 Å². The van der Waals surface area contributed by atoms with E-state index in [0.717, 1.165) is 34.5 Å². The summed E-state index contributed by atoms with van der Waals surface area (Å²) in [5, 5.41) is 3.59. The molecule has 3 heteroatoms. The minimum absolute atomic E-state index is 0.378. The van der Waals surface area contributed by atoms with Crippen molar-refractivity contribution in [3.63, 3.8) is 0 Å². The van der Waals surface area contributed by atoms with Crippen LogP contribution in [0.1, 0.15) is 50.8 Å². The number of halogens is 1. The summed E-state index contributed by atoms with van der Waals surface area (Å²) in [6.45, 7) is 3.17. The summed E-state index contributed by atoms with van der Waals surface area (Å²) < 4.78 is 6.77. The van der Waals surface area contributed by atoms with E-state index < -0.39 is 0 Å². The van der Waals surface area contributed by atoms with Crippen LogP contribution >= 0.6 is 15.9 Å². The van der Waals surface area contributed by atoms with Gasteiger partial charge in [0.1, 0.15) is 5.76 Å². The third-order valence-electron chi connectivity index (χ3n) is 4.83. The van der Waals surface area contributed by atoms with Gasteiger partial charge in [0.2, 0.25) is 0 Å². The Balaban J connectivity index is 1.69. The van der Waals surface area contributed by atoms with Gasteiger partial charge in [-0.1, -0.05) is 13.3 Å². The first-order valence-corrected chi connectivity index (χ1v) is 8.03. The fourth-order valence-electron chi connectivity index (χ4n) is 4.05. The summed E-state index contributed by atoms with van der Waals surface area (Å²) in [6.07, 6.45) is 8.91.